The van der Waals surface area contributed by atoms with E-state index in [4.69, 9.17) is 9.47 Å². The van der Waals surface area contributed by atoms with Crippen LogP contribution in [0, 0.1) is 0 Å². The van der Waals surface area contributed by atoms with Gasteiger partial charge >= 0.3 is 0 Å². The van der Waals surface area contributed by atoms with Gasteiger partial charge in [0.15, 0.2) is 11.5 Å². The molecule has 1 atom stereocenters. The van der Waals surface area contributed by atoms with Crippen LogP contribution in [0.5, 0.6) is 11.5 Å². The molecule has 0 unspecified atom stereocenters. The molecule has 1 amide bonds. The minimum atomic E-state index is 0.0911. The molecule has 2 aliphatic heterocycles. The van der Waals surface area contributed by atoms with Crippen molar-refractivity contribution in [2.45, 2.75) is 42.9 Å². The van der Waals surface area contributed by atoms with E-state index in [-0.39, 0.29) is 11.9 Å². The van der Waals surface area contributed by atoms with Crippen LogP contribution in [0.1, 0.15) is 43.3 Å². The Morgan fingerprint density at radius 2 is 2.04 bits per heavy atom. The molecule has 0 radical (unpaired) electrons. The Kier molecular flexibility index (Phi) is 4.39. The fourth-order valence-corrected chi connectivity index (χ4v) is 4.55. The van der Waals surface area contributed by atoms with Crippen molar-refractivity contribution in [1.82, 2.24) is 25.1 Å². The van der Waals surface area contributed by atoms with Gasteiger partial charge in [-0.1, -0.05) is 17.8 Å². The molecule has 1 saturated heterocycles. The number of hydrogen-bond acceptors (Lipinski definition) is 7. The first-order valence-corrected chi connectivity index (χ1v) is 10.4. The van der Waals surface area contributed by atoms with Crippen molar-refractivity contribution in [3.05, 3.63) is 23.8 Å². The normalized spacial score (nSPS) is 21.5. The lowest BCUT2D eigenvalue weighted by molar-refractivity contribution is -0.129. The van der Waals surface area contributed by atoms with Gasteiger partial charge in [0.1, 0.15) is 13.2 Å². The van der Waals surface area contributed by atoms with Gasteiger partial charge in [0.25, 0.3) is 0 Å². The standard InChI is InChI=1S/C18H21N5O3S/c24-17(11-27-18-19-20-21-23(18)13-4-5-13)22-7-1-2-14(22)12-3-6-15-16(10-12)26-9-8-25-15/h3,6,10,13-14H,1-2,4-5,7-9,11H2/t14-/m1/s1. The summed E-state index contributed by atoms with van der Waals surface area (Å²) in [6.45, 7) is 1.93. The number of likely N-dealkylation sites (tertiary alicyclic amines) is 1. The summed E-state index contributed by atoms with van der Waals surface area (Å²) in [4.78, 5) is 14.9. The van der Waals surface area contributed by atoms with Gasteiger partial charge in [-0.2, -0.15) is 0 Å². The predicted molar refractivity (Wildman–Crippen MR) is 97.9 cm³/mol. The van der Waals surface area contributed by atoms with Crippen LogP contribution < -0.4 is 9.47 Å². The van der Waals surface area contributed by atoms with E-state index in [0.717, 1.165) is 54.4 Å². The average molecular weight is 387 g/mol. The topological polar surface area (TPSA) is 82.4 Å². The molecule has 1 aliphatic carbocycles. The summed E-state index contributed by atoms with van der Waals surface area (Å²) in [5.74, 6) is 2.04. The van der Waals surface area contributed by atoms with Crippen LogP contribution in [0.25, 0.3) is 0 Å². The highest BCUT2D eigenvalue weighted by Crippen LogP contribution is 2.39. The van der Waals surface area contributed by atoms with Crippen LogP contribution in [0.3, 0.4) is 0 Å². The van der Waals surface area contributed by atoms with Gasteiger partial charge < -0.3 is 14.4 Å². The van der Waals surface area contributed by atoms with Gasteiger partial charge in [0, 0.05) is 6.54 Å². The number of rotatable bonds is 5. The Hall–Kier alpha value is -2.29. The van der Waals surface area contributed by atoms with Crippen molar-refractivity contribution in [2.75, 3.05) is 25.5 Å². The number of amides is 1. The molecule has 0 N–H and O–H groups in total. The first-order chi connectivity index (χ1) is 13.3. The number of fused-ring (bicyclic) bond motifs is 1. The lowest BCUT2D eigenvalue weighted by Gasteiger charge is -2.26. The summed E-state index contributed by atoms with van der Waals surface area (Å²) in [7, 11) is 0. The van der Waals surface area contributed by atoms with E-state index >= 15 is 0 Å². The van der Waals surface area contributed by atoms with Crippen molar-refractivity contribution < 1.29 is 14.3 Å². The molecule has 27 heavy (non-hydrogen) atoms. The number of hydrogen-bond donors (Lipinski definition) is 0. The Labute approximate surface area is 161 Å². The summed E-state index contributed by atoms with van der Waals surface area (Å²) in [6.07, 6.45) is 4.21. The van der Waals surface area contributed by atoms with Crippen molar-refractivity contribution in [3.8, 4) is 11.5 Å². The van der Waals surface area contributed by atoms with Crippen LogP contribution in [-0.2, 0) is 4.79 Å². The molecule has 5 rings (SSSR count). The molecule has 3 heterocycles. The van der Waals surface area contributed by atoms with Crippen molar-refractivity contribution in [3.63, 3.8) is 0 Å². The second kappa shape index (κ2) is 7.03. The highest BCUT2D eigenvalue weighted by atomic mass is 32.2. The number of thioether (sulfide) groups is 1. The number of carbonyl (C=O) groups is 1. The van der Waals surface area contributed by atoms with Gasteiger partial charge in [0.2, 0.25) is 11.1 Å². The second-order valence-electron chi connectivity index (χ2n) is 7.07. The Morgan fingerprint density at radius 3 is 2.89 bits per heavy atom. The maximum absolute atomic E-state index is 12.9. The first kappa shape index (κ1) is 16.9. The van der Waals surface area contributed by atoms with Gasteiger partial charge in [-0.15, -0.1) is 5.10 Å². The maximum Gasteiger partial charge on any atom is 0.233 e. The third kappa shape index (κ3) is 3.36. The zero-order chi connectivity index (χ0) is 18.2. The molecule has 3 aliphatic rings. The summed E-state index contributed by atoms with van der Waals surface area (Å²) < 4.78 is 13.1. The maximum atomic E-state index is 12.9. The monoisotopic (exact) mass is 387 g/mol. The smallest absolute Gasteiger partial charge is 0.233 e. The van der Waals surface area contributed by atoms with Crippen LogP contribution in [-0.4, -0.2) is 56.5 Å². The molecular formula is C18H21N5O3S. The SMILES string of the molecule is O=C(CSc1nnnn1C1CC1)N1CCC[C@@H]1c1ccc2c(c1)OCCO2. The number of aromatic nitrogens is 4. The summed E-state index contributed by atoms with van der Waals surface area (Å²) in [5, 5.41) is 12.6. The fraction of sp³-hybridized carbons (Fsp3) is 0.556. The summed E-state index contributed by atoms with van der Waals surface area (Å²) in [6, 6.07) is 6.52. The third-order valence-electron chi connectivity index (χ3n) is 5.20. The molecule has 8 nitrogen and oxygen atoms in total. The summed E-state index contributed by atoms with van der Waals surface area (Å²) >= 11 is 1.43. The number of nitrogens with zero attached hydrogens (tertiary/aromatic N) is 5. The Bertz CT molecular complexity index is 853. The molecule has 142 valence electrons. The minimum Gasteiger partial charge on any atom is -0.486 e. The Morgan fingerprint density at radius 1 is 1.19 bits per heavy atom. The number of carbonyl (C=O) groups excluding carboxylic acids is 1. The molecule has 0 bridgehead atoms. The molecule has 0 spiro atoms. The quantitative estimate of drug-likeness (QED) is 0.728. The molecule has 2 fully saturated rings. The van der Waals surface area contributed by atoms with Crippen LogP contribution in [0.4, 0.5) is 0 Å². The first-order valence-electron chi connectivity index (χ1n) is 9.39. The molecule has 1 saturated carbocycles. The summed E-state index contributed by atoms with van der Waals surface area (Å²) in [5.41, 5.74) is 1.11. The van der Waals surface area contributed by atoms with Gasteiger partial charge in [-0.05, 0) is 53.8 Å². The van der Waals surface area contributed by atoms with Gasteiger partial charge in [-0.3, -0.25) is 4.79 Å². The van der Waals surface area contributed by atoms with Crippen LogP contribution in [0.15, 0.2) is 23.4 Å². The molecule has 2 aromatic rings. The minimum absolute atomic E-state index is 0.0911. The lowest BCUT2D eigenvalue weighted by Crippen LogP contribution is -2.32. The van der Waals surface area contributed by atoms with E-state index in [0.29, 0.717) is 25.0 Å². The zero-order valence-corrected chi connectivity index (χ0v) is 15.7. The number of ether oxygens (including phenoxy) is 2. The van der Waals surface area contributed by atoms with E-state index in [9.17, 15) is 4.79 Å². The predicted octanol–water partition coefficient (Wildman–Crippen LogP) is 2.24. The van der Waals surface area contributed by atoms with E-state index < -0.39 is 0 Å². The van der Waals surface area contributed by atoms with Crippen molar-refractivity contribution >= 4 is 17.7 Å². The average Bonchev–Trinajstić information content (AvgIpc) is 3.24. The van der Waals surface area contributed by atoms with E-state index in [1.54, 1.807) is 0 Å². The molecule has 9 heteroatoms. The van der Waals surface area contributed by atoms with E-state index in [2.05, 4.69) is 15.5 Å². The zero-order valence-electron chi connectivity index (χ0n) is 14.9. The van der Waals surface area contributed by atoms with E-state index in [1.165, 1.54) is 11.8 Å². The lowest BCUT2D eigenvalue weighted by atomic mass is 10.0. The number of benzene rings is 1. The van der Waals surface area contributed by atoms with Gasteiger partial charge in [-0.25, -0.2) is 4.68 Å². The highest BCUT2D eigenvalue weighted by molar-refractivity contribution is 7.99. The third-order valence-corrected chi connectivity index (χ3v) is 6.12. The highest BCUT2D eigenvalue weighted by Gasteiger charge is 2.32. The Balaban J connectivity index is 1.27. The molecule has 1 aromatic heterocycles. The largest absolute Gasteiger partial charge is 0.486 e. The van der Waals surface area contributed by atoms with Crippen LogP contribution in [0.2, 0.25) is 0 Å². The number of tetrazole rings is 1. The molecule has 1 aromatic carbocycles. The fourth-order valence-electron chi connectivity index (χ4n) is 3.72. The molecular weight excluding hydrogens is 366 g/mol. The van der Waals surface area contributed by atoms with Crippen LogP contribution >= 0.6 is 11.8 Å². The van der Waals surface area contributed by atoms with Crippen molar-refractivity contribution in [2.24, 2.45) is 0 Å². The van der Waals surface area contributed by atoms with Crippen molar-refractivity contribution in [1.29, 1.82) is 0 Å². The van der Waals surface area contributed by atoms with E-state index in [1.807, 2.05) is 27.8 Å². The second-order valence-corrected chi connectivity index (χ2v) is 8.02. The van der Waals surface area contributed by atoms with Gasteiger partial charge in [0.05, 0.1) is 17.8 Å².